The Morgan fingerprint density at radius 2 is 1.81 bits per heavy atom. The fourth-order valence-corrected chi connectivity index (χ4v) is 4.81. The molecular formula is C24H23N5OS. The lowest BCUT2D eigenvalue weighted by atomic mass is 10.0. The van der Waals surface area contributed by atoms with Crippen molar-refractivity contribution >= 4 is 33.3 Å². The van der Waals surface area contributed by atoms with E-state index in [2.05, 4.69) is 23.0 Å². The highest BCUT2D eigenvalue weighted by Crippen LogP contribution is 2.35. The van der Waals surface area contributed by atoms with Gasteiger partial charge in [-0.25, -0.2) is 9.97 Å². The van der Waals surface area contributed by atoms with Crippen LogP contribution in [0, 0.1) is 0 Å². The molecule has 0 saturated carbocycles. The van der Waals surface area contributed by atoms with Crippen LogP contribution in [0.2, 0.25) is 0 Å². The summed E-state index contributed by atoms with van der Waals surface area (Å²) in [6.45, 7) is 3.31. The molecule has 1 amide bonds. The minimum absolute atomic E-state index is 0.0738. The number of carbonyl (C=O) groups is 1. The lowest BCUT2D eigenvalue weighted by Gasteiger charge is -2.32. The van der Waals surface area contributed by atoms with Crippen molar-refractivity contribution in [1.29, 1.82) is 0 Å². The Labute approximate surface area is 185 Å². The van der Waals surface area contributed by atoms with E-state index >= 15 is 0 Å². The Morgan fingerprint density at radius 1 is 1.00 bits per heavy atom. The summed E-state index contributed by atoms with van der Waals surface area (Å²) in [4.78, 5) is 26.3. The first kappa shape index (κ1) is 19.7. The molecule has 0 unspecified atom stereocenters. The van der Waals surface area contributed by atoms with E-state index < -0.39 is 0 Å². The first-order valence-electron chi connectivity index (χ1n) is 10.3. The van der Waals surface area contributed by atoms with Gasteiger partial charge in [0, 0.05) is 43.5 Å². The number of nitrogen functional groups attached to an aromatic ring is 1. The summed E-state index contributed by atoms with van der Waals surface area (Å²) in [6, 6.07) is 17.8. The summed E-state index contributed by atoms with van der Waals surface area (Å²) in [6.07, 6.45) is 1.76. The average molecular weight is 430 g/mol. The van der Waals surface area contributed by atoms with Crippen molar-refractivity contribution in [1.82, 2.24) is 19.8 Å². The number of piperazine rings is 1. The number of hydrogen-bond acceptors (Lipinski definition) is 6. The zero-order valence-electron chi connectivity index (χ0n) is 17.3. The highest BCUT2D eigenvalue weighted by atomic mass is 32.1. The minimum Gasteiger partial charge on any atom is -0.383 e. The van der Waals surface area contributed by atoms with Gasteiger partial charge in [-0.3, -0.25) is 4.79 Å². The van der Waals surface area contributed by atoms with E-state index in [1.165, 1.54) is 0 Å². The van der Waals surface area contributed by atoms with Gasteiger partial charge in [-0.2, -0.15) is 0 Å². The van der Waals surface area contributed by atoms with Crippen LogP contribution >= 0.6 is 11.3 Å². The molecule has 1 aliphatic heterocycles. The third-order valence-corrected chi connectivity index (χ3v) is 6.75. The Bertz CT molecular complexity index is 1230. The fraction of sp³-hybridized carbons (Fsp3) is 0.208. The molecule has 2 aromatic heterocycles. The molecule has 0 atom stereocenters. The number of amides is 1. The predicted molar refractivity (Wildman–Crippen MR) is 126 cm³/mol. The highest BCUT2D eigenvalue weighted by molar-refractivity contribution is 7.21. The number of hydrogen-bond donors (Lipinski definition) is 1. The van der Waals surface area contributed by atoms with Crippen molar-refractivity contribution in [3.05, 3.63) is 66.4 Å². The number of thiazole rings is 1. The molecule has 0 spiro atoms. The molecule has 4 aromatic rings. The van der Waals surface area contributed by atoms with Crippen LogP contribution in [0.5, 0.6) is 0 Å². The Kier molecular flexibility index (Phi) is 5.13. The van der Waals surface area contributed by atoms with E-state index in [0.717, 1.165) is 58.1 Å². The number of pyridine rings is 1. The standard InChI is InChI=1S/C24H23N5OS/c1-28-9-11-29(12-10-28)24(30)17-6-4-5-16(13-17)18-14-19(22(25)26-15-18)23-27-20-7-2-3-8-21(20)31-23/h2-8,13-15H,9-12H2,1H3,(H2,25,26). The fourth-order valence-electron chi connectivity index (χ4n) is 3.82. The monoisotopic (exact) mass is 429 g/mol. The predicted octanol–water partition coefficient (Wildman–Crippen LogP) is 4.00. The normalized spacial score (nSPS) is 14.8. The van der Waals surface area contributed by atoms with Gasteiger partial charge in [-0.1, -0.05) is 24.3 Å². The third-order valence-electron chi connectivity index (χ3n) is 5.68. The van der Waals surface area contributed by atoms with Crippen LogP contribution in [0.25, 0.3) is 31.9 Å². The van der Waals surface area contributed by atoms with E-state index in [4.69, 9.17) is 10.7 Å². The molecule has 7 heteroatoms. The van der Waals surface area contributed by atoms with Gasteiger partial charge in [-0.15, -0.1) is 11.3 Å². The van der Waals surface area contributed by atoms with Gasteiger partial charge in [0.25, 0.3) is 5.91 Å². The number of fused-ring (bicyclic) bond motifs is 1. The number of carbonyl (C=O) groups excluding carboxylic acids is 1. The first-order valence-corrected chi connectivity index (χ1v) is 11.1. The molecular weight excluding hydrogens is 406 g/mol. The number of benzene rings is 2. The van der Waals surface area contributed by atoms with Crippen molar-refractivity contribution in [2.75, 3.05) is 39.0 Å². The van der Waals surface area contributed by atoms with Gasteiger partial charge in [-0.05, 0) is 42.9 Å². The van der Waals surface area contributed by atoms with Crippen LogP contribution in [0.1, 0.15) is 10.4 Å². The third kappa shape index (κ3) is 3.89. The smallest absolute Gasteiger partial charge is 0.253 e. The molecule has 1 aliphatic rings. The lowest BCUT2D eigenvalue weighted by molar-refractivity contribution is 0.0664. The average Bonchev–Trinajstić information content (AvgIpc) is 3.23. The van der Waals surface area contributed by atoms with E-state index in [9.17, 15) is 4.79 Å². The molecule has 31 heavy (non-hydrogen) atoms. The van der Waals surface area contributed by atoms with Crippen molar-refractivity contribution < 1.29 is 4.79 Å². The van der Waals surface area contributed by atoms with E-state index in [0.29, 0.717) is 11.4 Å². The maximum atomic E-state index is 13.0. The van der Waals surface area contributed by atoms with Crippen LogP contribution in [0.4, 0.5) is 5.82 Å². The van der Waals surface area contributed by atoms with Crippen LogP contribution in [0.15, 0.2) is 60.8 Å². The second kappa shape index (κ2) is 8.09. The molecule has 1 fully saturated rings. The molecule has 2 N–H and O–H groups in total. The molecule has 6 nitrogen and oxygen atoms in total. The quantitative estimate of drug-likeness (QED) is 0.533. The largest absolute Gasteiger partial charge is 0.383 e. The second-order valence-electron chi connectivity index (χ2n) is 7.82. The molecule has 156 valence electrons. The summed E-state index contributed by atoms with van der Waals surface area (Å²) >= 11 is 1.60. The number of likely N-dealkylation sites (N-methyl/N-ethyl adjacent to an activating group) is 1. The van der Waals surface area contributed by atoms with E-state index in [1.807, 2.05) is 53.4 Å². The van der Waals surface area contributed by atoms with Gasteiger partial charge in [0.15, 0.2) is 0 Å². The summed E-state index contributed by atoms with van der Waals surface area (Å²) in [5.41, 5.74) is 10.5. The van der Waals surface area contributed by atoms with Crippen molar-refractivity contribution in [3.63, 3.8) is 0 Å². The van der Waals surface area contributed by atoms with Crippen LogP contribution in [-0.4, -0.2) is 58.9 Å². The summed E-state index contributed by atoms with van der Waals surface area (Å²) in [7, 11) is 2.08. The number of anilines is 1. The van der Waals surface area contributed by atoms with Crippen molar-refractivity contribution in [3.8, 4) is 21.7 Å². The number of nitrogens with zero attached hydrogens (tertiary/aromatic N) is 4. The number of nitrogens with two attached hydrogens (primary N) is 1. The van der Waals surface area contributed by atoms with Gasteiger partial charge in [0.2, 0.25) is 0 Å². The SMILES string of the molecule is CN1CCN(C(=O)c2cccc(-c3cnc(N)c(-c4nc5ccccc5s4)c3)c2)CC1. The minimum atomic E-state index is 0.0738. The maximum Gasteiger partial charge on any atom is 0.253 e. The van der Waals surface area contributed by atoms with Crippen LogP contribution in [-0.2, 0) is 0 Å². The Morgan fingerprint density at radius 3 is 2.61 bits per heavy atom. The molecule has 2 aromatic carbocycles. The van der Waals surface area contributed by atoms with Gasteiger partial charge >= 0.3 is 0 Å². The topological polar surface area (TPSA) is 75.3 Å². The van der Waals surface area contributed by atoms with Crippen LogP contribution in [0.3, 0.4) is 0 Å². The van der Waals surface area contributed by atoms with Crippen molar-refractivity contribution in [2.24, 2.45) is 0 Å². The molecule has 0 bridgehead atoms. The molecule has 0 radical (unpaired) electrons. The molecule has 1 saturated heterocycles. The highest BCUT2D eigenvalue weighted by Gasteiger charge is 2.21. The molecule has 0 aliphatic carbocycles. The molecule has 5 rings (SSSR count). The maximum absolute atomic E-state index is 13.0. The second-order valence-corrected chi connectivity index (χ2v) is 8.85. The first-order chi connectivity index (χ1) is 15.1. The number of aromatic nitrogens is 2. The Balaban J connectivity index is 1.47. The van der Waals surface area contributed by atoms with E-state index in [-0.39, 0.29) is 5.91 Å². The van der Waals surface area contributed by atoms with Gasteiger partial charge < -0.3 is 15.5 Å². The summed E-state index contributed by atoms with van der Waals surface area (Å²) in [5, 5.41) is 0.845. The molecule has 3 heterocycles. The zero-order valence-corrected chi connectivity index (χ0v) is 18.1. The zero-order chi connectivity index (χ0) is 21.4. The lowest BCUT2D eigenvalue weighted by Crippen LogP contribution is -2.47. The number of para-hydroxylation sites is 1. The Hall–Kier alpha value is -3.29. The van der Waals surface area contributed by atoms with Crippen LogP contribution < -0.4 is 5.73 Å². The summed E-state index contributed by atoms with van der Waals surface area (Å²) < 4.78 is 1.11. The van der Waals surface area contributed by atoms with Crippen molar-refractivity contribution in [2.45, 2.75) is 0 Å². The van der Waals surface area contributed by atoms with E-state index in [1.54, 1.807) is 17.5 Å². The van der Waals surface area contributed by atoms with Gasteiger partial charge in [0.1, 0.15) is 10.8 Å². The number of rotatable bonds is 3. The summed E-state index contributed by atoms with van der Waals surface area (Å²) in [5.74, 6) is 0.525. The van der Waals surface area contributed by atoms with Gasteiger partial charge in [0.05, 0.1) is 15.8 Å².